The Morgan fingerprint density at radius 1 is 1.33 bits per heavy atom. The molecule has 0 bridgehead atoms. The van der Waals surface area contributed by atoms with Crippen molar-refractivity contribution < 1.29 is 29.7 Å². The molecule has 0 aromatic heterocycles. The summed E-state index contributed by atoms with van der Waals surface area (Å²) in [5, 5.41) is 24.8. The van der Waals surface area contributed by atoms with Gasteiger partial charge in [-0.1, -0.05) is 0 Å². The van der Waals surface area contributed by atoms with Gasteiger partial charge in [-0.3, -0.25) is 15.3 Å². The summed E-state index contributed by atoms with van der Waals surface area (Å²) in [5.74, 6) is -0.757. The van der Waals surface area contributed by atoms with Crippen molar-refractivity contribution in [3.05, 3.63) is 29.8 Å². The number of rotatable bonds is 7. The van der Waals surface area contributed by atoms with E-state index in [0.29, 0.717) is 11.3 Å². The van der Waals surface area contributed by atoms with Crippen molar-refractivity contribution in [3.63, 3.8) is 0 Å². The third-order valence-electron chi connectivity index (χ3n) is 2.04. The summed E-state index contributed by atoms with van der Waals surface area (Å²) in [5.41, 5.74) is 0.135. The number of hydrogen-bond donors (Lipinski definition) is 3. The number of carboxylic acid groups (broad SMARTS) is 1. The molecule has 100 valence electrons. The lowest BCUT2D eigenvalue weighted by Gasteiger charge is -2.11. The van der Waals surface area contributed by atoms with Gasteiger partial charge in [0, 0.05) is 6.42 Å². The zero-order chi connectivity index (χ0) is 13.5. The van der Waals surface area contributed by atoms with Gasteiger partial charge in [-0.05, 0) is 35.4 Å². The fourth-order valence-corrected chi connectivity index (χ4v) is 2.26. The molecule has 0 saturated carbocycles. The van der Waals surface area contributed by atoms with Gasteiger partial charge < -0.3 is 9.66 Å². The van der Waals surface area contributed by atoms with Gasteiger partial charge in [0.25, 0.3) is 0 Å². The fraction of sp³-hybridized carbons (Fsp3) is 0.300. The molecule has 0 saturated heterocycles. The van der Waals surface area contributed by atoms with Crippen LogP contribution in [0.4, 0.5) is 0 Å². The number of carbonyl (C=O) groups is 1. The standard InChI is InChI=1S/C10H13NO6S/c12-10(13)8-2-4-9(5-3-8)18(16)7-1-6-17-11(14)15/h2-5,14-15H,1,6-7H2,(H,12,13). The van der Waals surface area contributed by atoms with Crippen LogP contribution in [-0.2, 0) is 16.0 Å². The molecule has 1 unspecified atom stereocenters. The smallest absolute Gasteiger partial charge is 0.335 e. The molecule has 1 rings (SSSR count). The molecule has 0 aliphatic rings. The third-order valence-corrected chi connectivity index (χ3v) is 3.50. The first kappa shape index (κ1) is 14.9. The fourth-order valence-electron chi connectivity index (χ4n) is 1.20. The molecule has 1 atom stereocenters. The minimum absolute atomic E-state index is 0.0198. The number of aromatic carboxylic acids is 1. The maximum absolute atomic E-state index is 11.7. The van der Waals surface area contributed by atoms with Gasteiger partial charge in [-0.25, -0.2) is 4.79 Å². The lowest BCUT2D eigenvalue weighted by Crippen LogP contribution is -2.17. The highest BCUT2D eigenvalue weighted by atomic mass is 32.2. The van der Waals surface area contributed by atoms with E-state index in [1.165, 1.54) is 24.3 Å². The number of hydrogen-bond acceptors (Lipinski definition) is 6. The number of carboxylic acids is 1. The Bertz CT molecular complexity index is 382. The highest BCUT2D eigenvalue weighted by Gasteiger charge is 2.12. The Morgan fingerprint density at radius 3 is 2.44 bits per heavy atom. The van der Waals surface area contributed by atoms with E-state index in [-0.39, 0.29) is 17.9 Å². The number of nitrogens with zero attached hydrogens (tertiary/aromatic N) is 1. The van der Waals surface area contributed by atoms with Gasteiger partial charge in [-0.15, -0.1) is 0 Å². The maximum atomic E-state index is 11.7. The summed E-state index contributed by atoms with van der Waals surface area (Å²) in [6.07, 6.45) is 0.366. The topological polar surface area (TPSA) is 113 Å². The molecule has 0 amide bonds. The Kier molecular flexibility index (Phi) is 6.05. The molecule has 0 radical (unpaired) electrons. The van der Waals surface area contributed by atoms with Crippen LogP contribution >= 0.6 is 0 Å². The molecule has 3 N–H and O–H groups in total. The van der Waals surface area contributed by atoms with Crippen molar-refractivity contribution in [3.8, 4) is 0 Å². The van der Waals surface area contributed by atoms with Crippen LogP contribution < -0.4 is 0 Å². The van der Waals surface area contributed by atoms with E-state index in [4.69, 9.17) is 15.5 Å². The summed E-state index contributed by atoms with van der Waals surface area (Å²) in [4.78, 5) is 15.4. The summed E-state index contributed by atoms with van der Waals surface area (Å²) in [6, 6.07) is 5.75. The van der Waals surface area contributed by atoms with E-state index in [2.05, 4.69) is 4.84 Å². The second-order valence-corrected chi connectivity index (χ2v) is 4.89. The largest absolute Gasteiger partial charge is 0.611 e. The molecule has 1 aromatic rings. The van der Waals surface area contributed by atoms with E-state index in [0.717, 1.165) is 0 Å². The van der Waals surface area contributed by atoms with Crippen LogP contribution in [0.3, 0.4) is 0 Å². The van der Waals surface area contributed by atoms with Crippen molar-refractivity contribution in [1.29, 1.82) is 0 Å². The predicted molar refractivity (Wildman–Crippen MR) is 60.7 cm³/mol. The molecule has 0 fully saturated rings. The van der Waals surface area contributed by atoms with E-state index in [1.54, 1.807) is 0 Å². The van der Waals surface area contributed by atoms with Gasteiger partial charge in [0.2, 0.25) is 0 Å². The van der Waals surface area contributed by atoms with E-state index >= 15 is 0 Å². The second-order valence-electron chi connectivity index (χ2n) is 3.32. The van der Waals surface area contributed by atoms with E-state index < -0.39 is 22.5 Å². The van der Waals surface area contributed by atoms with Crippen LogP contribution in [0, 0.1) is 0 Å². The summed E-state index contributed by atoms with van der Waals surface area (Å²) in [6.45, 7) is 0.0198. The van der Waals surface area contributed by atoms with E-state index in [9.17, 15) is 9.35 Å². The first-order valence-corrected chi connectivity index (χ1v) is 6.35. The number of benzene rings is 1. The minimum atomic E-state index is -1.27. The first-order valence-electron chi connectivity index (χ1n) is 5.03. The Balaban J connectivity index is 2.41. The molecule has 0 spiro atoms. The van der Waals surface area contributed by atoms with Crippen molar-refractivity contribution >= 4 is 17.1 Å². The SMILES string of the molecule is O=C(O)c1ccc([S+]([O-])CCCON(O)O)cc1. The average molecular weight is 275 g/mol. The van der Waals surface area contributed by atoms with Crippen molar-refractivity contribution in [2.75, 3.05) is 12.4 Å². The predicted octanol–water partition coefficient (Wildman–Crippen LogP) is 0.894. The molecule has 0 heterocycles. The van der Waals surface area contributed by atoms with Crippen LogP contribution in [0.15, 0.2) is 29.2 Å². The molecular weight excluding hydrogens is 262 g/mol. The molecule has 8 heteroatoms. The Labute approximate surface area is 106 Å². The maximum Gasteiger partial charge on any atom is 0.335 e. The molecular formula is C10H13NO6S. The lowest BCUT2D eigenvalue weighted by atomic mass is 10.2. The lowest BCUT2D eigenvalue weighted by molar-refractivity contribution is -0.492. The zero-order valence-corrected chi connectivity index (χ0v) is 10.2. The molecule has 0 aliphatic carbocycles. The van der Waals surface area contributed by atoms with Crippen LogP contribution in [0.1, 0.15) is 16.8 Å². The van der Waals surface area contributed by atoms with Gasteiger partial charge >= 0.3 is 5.97 Å². The van der Waals surface area contributed by atoms with Gasteiger partial charge in [0.15, 0.2) is 4.90 Å². The van der Waals surface area contributed by atoms with Crippen molar-refractivity contribution in [2.24, 2.45) is 0 Å². The zero-order valence-electron chi connectivity index (χ0n) is 9.35. The third kappa shape index (κ3) is 5.00. The van der Waals surface area contributed by atoms with E-state index in [1.807, 2.05) is 0 Å². The van der Waals surface area contributed by atoms with Gasteiger partial charge in [0.1, 0.15) is 5.75 Å². The molecule has 7 nitrogen and oxygen atoms in total. The van der Waals surface area contributed by atoms with Crippen molar-refractivity contribution in [1.82, 2.24) is 5.39 Å². The van der Waals surface area contributed by atoms with Crippen LogP contribution in [0.5, 0.6) is 0 Å². The van der Waals surface area contributed by atoms with Crippen molar-refractivity contribution in [2.45, 2.75) is 11.3 Å². The summed E-state index contributed by atoms with van der Waals surface area (Å²) >= 11 is -1.27. The average Bonchev–Trinajstić information content (AvgIpc) is 2.34. The van der Waals surface area contributed by atoms with Crippen LogP contribution in [-0.4, -0.2) is 43.8 Å². The Morgan fingerprint density at radius 2 is 1.94 bits per heavy atom. The van der Waals surface area contributed by atoms with Crippen LogP contribution in [0.25, 0.3) is 0 Å². The minimum Gasteiger partial charge on any atom is -0.611 e. The molecule has 1 aromatic carbocycles. The first-order chi connectivity index (χ1) is 8.50. The Hall–Kier alpha value is -1.16. The highest BCUT2D eigenvalue weighted by molar-refractivity contribution is 7.91. The monoisotopic (exact) mass is 275 g/mol. The van der Waals surface area contributed by atoms with Gasteiger partial charge in [-0.2, -0.15) is 0 Å². The summed E-state index contributed by atoms with van der Waals surface area (Å²) < 4.78 is 11.7. The highest BCUT2D eigenvalue weighted by Crippen LogP contribution is 2.13. The van der Waals surface area contributed by atoms with Crippen LogP contribution in [0.2, 0.25) is 0 Å². The second kappa shape index (κ2) is 7.31. The molecule has 0 aliphatic heterocycles. The van der Waals surface area contributed by atoms with Gasteiger partial charge in [0.05, 0.1) is 17.6 Å². The normalized spacial score (nSPS) is 12.7. The summed E-state index contributed by atoms with van der Waals surface area (Å²) in [7, 11) is 0. The quantitative estimate of drug-likeness (QED) is 0.385. The molecule has 18 heavy (non-hydrogen) atoms.